The molecule has 1 saturated heterocycles. The lowest BCUT2D eigenvalue weighted by molar-refractivity contribution is -0.00995. The van der Waals surface area contributed by atoms with E-state index in [9.17, 15) is 4.79 Å². The van der Waals surface area contributed by atoms with Crippen molar-refractivity contribution < 1.29 is 14.3 Å². The lowest BCUT2D eigenvalue weighted by Gasteiger charge is -2.25. The van der Waals surface area contributed by atoms with E-state index >= 15 is 0 Å². The van der Waals surface area contributed by atoms with Crippen molar-refractivity contribution in [1.29, 1.82) is 0 Å². The van der Waals surface area contributed by atoms with E-state index in [1.165, 1.54) is 6.21 Å². The van der Waals surface area contributed by atoms with Crippen LogP contribution in [-0.4, -0.2) is 50.2 Å². The number of nitrogens with zero attached hydrogens (tertiary/aromatic N) is 2. The predicted molar refractivity (Wildman–Crippen MR) is 75.9 cm³/mol. The molecule has 1 heterocycles. The molecule has 1 aliphatic heterocycles. The van der Waals surface area contributed by atoms with E-state index in [2.05, 4.69) is 10.5 Å². The quantitative estimate of drug-likeness (QED) is 0.678. The van der Waals surface area contributed by atoms with E-state index in [1.807, 2.05) is 17.0 Å². The van der Waals surface area contributed by atoms with Crippen LogP contribution in [0, 0.1) is 0 Å². The molecule has 1 amide bonds. The molecule has 0 saturated carbocycles. The standard InChI is InChI=1S/C13H16ClN3O3/c14-12-4-2-1-3-11(12)9-15-16-13(18)20-10-17-5-7-19-8-6-17/h1-4,9H,5-8,10H2,(H,16,18)/b15-9-. The van der Waals surface area contributed by atoms with Crippen molar-refractivity contribution in [2.45, 2.75) is 0 Å². The van der Waals surface area contributed by atoms with Crippen LogP contribution in [0.5, 0.6) is 0 Å². The third-order valence-corrected chi connectivity index (χ3v) is 3.09. The summed E-state index contributed by atoms with van der Waals surface area (Å²) in [6, 6.07) is 7.21. The maximum Gasteiger partial charge on any atom is 0.429 e. The van der Waals surface area contributed by atoms with E-state index in [1.54, 1.807) is 12.1 Å². The van der Waals surface area contributed by atoms with E-state index in [4.69, 9.17) is 21.1 Å². The number of carbonyl (C=O) groups excluding carboxylic acids is 1. The molecule has 6 nitrogen and oxygen atoms in total. The van der Waals surface area contributed by atoms with Crippen LogP contribution in [0.15, 0.2) is 29.4 Å². The SMILES string of the molecule is O=C(N/N=C\c1ccccc1Cl)OCN1CCOCC1. The molecule has 7 heteroatoms. The highest BCUT2D eigenvalue weighted by atomic mass is 35.5. The van der Waals surface area contributed by atoms with Gasteiger partial charge in [-0.3, -0.25) is 4.90 Å². The molecule has 0 aliphatic carbocycles. The zero-order chi connectivity index (χ0) is 14.2. The summed E-state index contributed by atoms with van der Waals surface area (Å²) in [5.74, 6) is 0. The van der Waals surface area contributed by atoms with Gasteiger partial charge in [0.25, 0.3) is 0 Å². The van der Waals surface area contributed by atoms with Crippen LogP contribution in [0.1, 0.15) is 5.56 Å². The minimum Gasteiger partial charge on any atom is -0.432 e. The van der Waals surface area contributed by atoms with Crippen LogP contribution in [0.3, 0.4) is 0 Å². The number of benzene rings is 1. The fourth-order valence-corrected chi connectivity index (χ4v) is 1.83. The number of morpholine rings is 1. The van der Waals surface area contributed by atoms with Crippen molar-refractivity contribution in [2.75, 3.05) is 33.0 Å². The van der Waals surface area contributed by atoms with Gasteiger partial charge in [-0.1, -0.05) is 29.8 Å². The Morgan fingerprint density at radius 3 is 2.95 bits per heavy atom. The first-order chi connectivity index (χ1) is 9.75. The van der Waals surface area contributed by atoms with Gasteiger partial charge < -0.3 is 9.47 Å². The highest BCUT2D eigenvalue weighted by Crippen LogP contribution is 2.11. The summed E-state index contributed by atoms with van der Waals surface area (Å²) in [5.41, 5.74) is 3.01. The number of ether oxygens (including phenoxy) is 2. The van der Waals surface area contributed by atoms with E-state index in [0.29, 0.717) is 18.2 Å². The number of hydrogen-bond acceptors (Lipinski definition) is 5. The van der Waals surface area contributed by atoms with Gasteiger partial charge in [0.15, 0.2) is 0 Å². The highest BCUT2D eigenvalue weighted by molar-refractivity contribution is 6.33. The second kappa shape index (κ2) is 7.84. The maximum absolute atomic E-state index is 11.4. The largest absolute Gasteiger partial charge is 0.432 e. The van der Waals surface area contributed by atoms with Gasteiger partial charge in [0.1, 0.15) is 6.73 Å². The van der Waals surface area contributed by atoms with Crippen molar-refractivity contribution in [3.8, 4) is 0 Å². The molecule has 1 aromatic carbocycles. The number of carbonyl (C=O) groups is 1. The molecule has 0 aromatic heterocycles. The zero-order valence-corrected chi connectivity index (χ0v) is 11.7. The Labute approximate surface area is 122 Å². The second-order valence-corrected chi connectivity index (χ2v) is 4.59. The van der Waals surface area contributed by atoms with Crippen molar-refractivity contribution >= 4 is 23.9 Å². The third kappa shape index (κ3) is 4.80. The Morgan fingerprint density at radius 2 is 2.20 bits per heavy atom. The molecule has 1 aromatic rings. The van der Waals surface area contributed by atoms with E-state index in [0.717, 1.165) is 18.7 Å². The van der Waals surface area contributed by atoms with E-state index in [-0.39, 0.29) is 6.73 Å². The molecular formula is C13H16ClN3O3. The average molecular weight is 298 g/mol. The molecular weight excluding hydrogens is 282 g/mol. The van der Waals surface area contributed by atoms with Gasteiger partial charge in [0, 0.05) is 23.7 Å². The Morgan fingerprint density at radius 1 is 1.45 bits per heavy atom. The minimum atomic E-state index is -0.597. The van der Waals surface area contributed by atoms with Gasteiger partial charge in [-0.25, -0.2) is 10.2 Å². The van der Waals surface area contributed by atoms with E-state index < -0.39 is 6.09 Å². The maximum atomic E-state index is 11.4. The van der Waals surface area contributed by atoms with Gasteiger partial charge >= 0.3 is 6.09 Å². The Hall–Kier alpha value is -1.63. The summed E-state index contributed by atoms with van der Waals surface area (Å²) in [6.07, 6.45) is 0.873. The van der Waals surface area contributed by atoms with Crippen molar-refractivity contribution in [1.82, 2.24) is 10.3 Å². The number of amides is 1. The summed E-state index contributed by atoms with van der Waals surface area (Å²) in [7, 11) is 0. The molecule has 1 aliphatic rings. The fraction of sp³-hybridized carbons (Fsp3) is 0.385. The number of nitrogens with one attached hydrogen (secondary N) is 1. The molecule has 0 atom stereocenters. The smallest absolute Gasteiger partial charge is 0.429 e. The molecule has 2 rings (SSSR count). The van der Waals surface area contributed by atoms with Crippen LogP contribution >= 0.6 is 11.6 Å². The Kier molecular flexibility index (Phi) is 5.79. The normalized spacial score (nSPS) is 16.2. The Balaban J connectivity index is 1.70. The molecule has 0 bridgehead atoms. The molecule has 20 heavy (non-hydrogen) atoms. The molecule has 0 radical (unpaired) electrons. The first-order valence-corrected chi connectivity index (χ1v) is 6.64. The van der Waals surface area contributed by atoms with Gasteiger partial charge in [-0.15, -0.1) is 0 Å². The van der Waals surface area contributed by atoms with Gasteiger partial charge in [-0.2, -0.15) is 5.10 Å². The lowest BCUT2D eigenvalue weighted by Crippen LogP contribution is -2.39. The molecule has 1 N–H and O–H groups in total. The van der Waals surface area contributed by atoms with Gasteiger partial charge in [0.05, 0.1) is 19.4 Å². The van der Waals surface area contributed by atoms with Crippen molar-refractivity contribution in [2.24, 2.45) is 5.10 Å². The Bertz CT molecular complexity index is 476. The second-order valence-electron chi connectivity index (χ2n) is 4.18. The number of hydrogen-bond donors (Lipinski definition) is 1. The topological polar surface area (TPSA) is 63.2 Å². The number of rotatable bonds is 4. The molecule has 0 spiro atoms. The average Bonchev–Trinajstić information content (AvgIpc) is 2.48. The first-order valence-electron chi connectivity index (χ1n) is 6.26. The first kappa shape index (κ1) is 14.8. The number of hydrazone groups is 1. The summed E-state index contributed by atoms with van der Waals surface area (Å²) >= 11 is 5.95. The summed E-state index contributed by atoms with van der Waals surface area (Å²) < 4.78 is 10.2. The molecule has 0 unspecified atom stereocenters. The molecule has 108 valence electrons. The monoisotopic (exact) mass is 297 g/mol. The van der Waals surface area contributed by atoms with Crippen LogP contribution < -0.4 is 5.43 Å². The summed E-state index contributed by atoms with van der Waals surface area (Å²) in [4.78, 5) is 13.4. The molecule has 1 fully saturated rings. The minimum absolute atomic E-state index is 0.233. The van der Waals surface area contributed by atoms with Crippen LogP contribution in [0.2, 0.25) is 5.02 Å². The number of halogens is 1. The lowest BCUT2D eigenvalue weighted by atomic mass is 10.2. The third-order valence-electron chi connectivity index (χ3n) is 2.75. The summed E-state index contributed by atoms with van der Waals surface area (Å²) in [5, 5.41) is 4.36. The van der Waals surface area contributed by atoms with Crippen molar-refractivity contribution in [3.05, 3.63) is 34.9 Å². The van der Waals surface area contributed by atoms with Crippen LogP contribution in [-0.2, 0) is 9.47 Å². The van der Waals surface area contributed by atoms with Gasteiger partial charge in [-0.05, 0) is 6.07 Å². The van der Waals surface area contributed by atoms with Crippen LogP contribution in [0.4, 0.5) is 4.79 Å². The fourth-order valence-electron chi connectivity index (χ4n) is 1.65. The van der Waals surface area contributed by atoms with Crippen molar-refractivity contribution in [3.63, 3.8) is 0 Å². The highest BCUT2D eigenvalue weighted by Gasteiger charge is 2.11. The summed E-state index contributed by atoms with van der Waals surface area (Å²) in [6.45, 7) is 3.08. The zero-order valence-electron chi connectivity index (χ0n) is 10.9. The predicted octanol–water partition coefficient (Wildman–Crippen LogP) is 1.69. The van der Waals surface area contributed by atoms with Crippen LogP contribution in [0.25, 0.3) is 0 Å². The van der Waals surface area contributed by atoms with Gasteiger partial charge in [0.2, 0.25) is 0 Å².